The van der Waals surface area contributed by atoms with Gasteiger partial charge in [0.2, 0.25) is 11.8 Å². The summed E-state index contributed by atoms with van der Waals surface area (Å²) in [7, 11) is 1.61. The Morgan fingerprint density at radius 2 is 1.73 bits per heavy atom. The lowest BCUT2D eigenvalue weighted by Crippen LogP contribution is -2.36. The van der Waals surface area contributed by atoms with Crippen molar-refractivity contribution in [3.05, 3.63) is 71.7 Å². The van der Waals surface area contributed by atoms with Crippen molar-refractivity contribution in [2.24, 2.45) is 5.92 Å². The van der Waals surface area contributed by atoms with E-state index in [9.17, 15) is 9.18 Å². The minimum Gasteiger partial charge on any atom is -0.435 e. The first-order valence-electron chi connectivity index (χ1n) is 11.2. The fourth-order valence-electron chi connectivity index (χ4n) is 3.57. The van der Waals surface area contributed by atoms with Crippen molar-refractivity contribution in [2.45, 2.75) is 40.2 Å². The molecule has 0 radical (unpaired) electrons. The van der Waals surface area contributed by atoms with Gasteiger partial charge in [0.15, 0.2) is 11.6 Å². The molecule has 0 saturated heterocycles. The van der Waals surface area contributed by atoms with Gasteiger partial charge in [0.1, 0.15) is 0 Å². The van der Waals surface area contributed by atoms with Crippen LogP contribution in [0.1, 0.15) is 44.9 Å². The van der Waals surface area contributed by atoms with E-state index in [0.717, 1.165) is 16.9 Å². The van der Waals surface area contributed by atoms with Crippen LogP contribution in [0.15, 0.2) is 54.6 Å². The molecule has 3 rings (SSSR count). The fourth-order valence-corrected chi connectivity index (χ4v) is 3.57. The van der Waals surface area contributed by atoms with E-state index in [-0.39, 0.29) is 30.0 Å². The van der Waals surface area contributed by atoms with Crippen LogP contribution in [0.2, 0.25) is 0 Å². The Morgan fingerprint density at radius 1 is 1.06 bits per heavy atom. The van der Waals surface area contributed by atoms with Crippen molar-refractivity contribution in [1.82, 2.24) is 14.7 Å². The molecule has 0 bridgehead atoms. The molecule has 2 aromatic carbocycles. The number of aromatic nitrogens is 2. The SMILES string of the molecule is COCCN(Cc1c(C(C)C)nn(-c2ccccc2)c1Oc1ccccc1F)C(=O)C(C)C. The largest absolute Gasteiger partial charge is 0.435 e. The van der Waals surface area contributed by atoms with Crippen LogP contribution in [-0.4, -0.2) is 40.8 Å². The van der Waals surface area contributed by atoms with Crippen molar-refractivity contribution in [3.63, 3.8) is 0 Å². The number of hydrogen-bond acceptors (Lipinski definition) is 4. The first-order chi connectivity index (χ1) is 15.8. The second kappa shape index (κ2) is 11.1. The Hall–Kier alpha value is -3.19. The van der Waals surface area contributed by atoms with Crippen LogP contribution in [0.5, 0.6) is 11.6 Å². The predicted molar refractivity (Wildman–Crippen MR) is 126 cm³/mol. The maximum absolute atomic E-state index is 14.5. The number of ether oxygens (including phenoxy) is 2. The van der Waals surface area contributed by atoms with Crippen molar-refractivity contribution >= 4 is 5.91 Å². The molecule has 0 spiro atoms. The molecular formula is C26H32FN3O3. The summed E-state index contributed by atoms with van der Waals surface area (Å²) in [6.45, 7) is 8.94. The topological polar surface area (TPSA) is 56.6 Å². The monoisotopic (exact) mass is 453 g/mol. The fraction of sp³-hybridized carbons (Fsp3) is 0.385. The van der Waals surface area contributed by atoms with E-state index < -0.39 is 5.82 Å². The number of carbonyl (C=O) groups excluding carboxylic acids is 1. The summed E-state index contributed by atoms with van der Waals surface area (Å²) in [5, 5.41) is 4.84. The molecule has 0 aliphatic carbocycles. The Bertz CT molecular complexity index is 1060. The lowest BCUT2D eigenvalue weighted by Gasteiger charge is -2.25. The summed E-state index contributed by atoms with van der Waals surface area (Å²) in [5.74, 6) is -0.0783. The smallest absolute Gasteiger partial charge is 0.228 e. The first-order valence-corrected chi connectivity index (χ1v) is 11.2. The van der Waals surface area contributed by atoms with Crippen molar-refractivity contribution in [2.75, 3.05) is 20.3 Å². The molecule has 1 amide bonds. The second-order valence-electron chi connectivity index (χ2n) is 8.51. The zero-order valence-electron chi connectivity index (χ0n) is 19.9. The maximum Gasteiger partial charge on any atom is 0.228 e. The van der Waals surface area contributed by atoms with E-state index in [2.05, 4.69) is 0 Å². The molecule has 0 unspecified atom stereocenters. The van der Waals surface area contributed by atoms with Gasteiger partial charge in [0.05, 0.1) is 30.1 Å². The van der Waals surface area contributed by atoms with Crippen LogP contribution in [0.25, 0.3) is 5.69 Å². The normalized spacial score (nSPS) is 11.3. The molecule has 0 N–H and O–H groups in total. The standard InChI is InChI=1S/C26H32FN3O3/c1-18(2)24-21(17-29(15-16-32-5)25(31)19(3)4)26(33-23-14-10-9-13-22(23)27)30(28-24)20-11-7-6-8-12-20/h6-14,18-19H,15-17H2,1-5H3. The quantitative estimate of drug-likeness (QED) is 0.403. The zero-order valence-corrected chi connectivity index (χ0v) is 19.9. The summed E-state index contributed by atoms with van der Waals surface area (Å²) in [4.78, 5) is 14.7. The number of para-hydroxylation sites is 2. The van der Waals surface area contributed by atoms with Gasteiger partial charge < -0.3 is 14.4 Å². The molecule has 1 aromatic heterocycles. The van der Waals surface area contributed by atoms with E-state index in [1.807, 2.05) is 58.0 Å². The van der Waals surface area contributed by atoms with Gasteiger partial charge >= 0.3 is 0 Å². The maximum atomic E-state index is 14.5. The molecule has 33 heavy (non-hydrogen) atoms. The summed E-state index contributed by atoms with van der Waals surface area (Å²) in [6, 6.07) is 15.8. The average Bonchev–Trinajstić information content (AvgIpc) is 3.16. The molecule has 0 fully saturated rings. The van der Waals surface area contributed by atoms with E-state index in [1.54, 1.807) is 34.9 Å². The molecule has 0 saturated carbocycles. The molecule has 0 aliphatic rings. The number of amides is 1. The molecule has 3 aromatic rings. The van der Waals surface area contributed by atoms with Crippen LogP contribution in [0.4, 0.5) is 4.39 Å². The zero-order chi connectivity index (χ0) is 24.0. The van der Waals surface area contributed by atoms with E-state index in [1.165, 1.54) is 6.07 Å². The summed E-state index contributed by atoms with van der Waals surface area (Å²) < 4.78 is 27.6. The number of nitrogens with zero attached hydrogens (tertiary/aromatic N) is 3. The molecule has 176 valence electrons. The van der Waals surface area contributed by atoms with Gasteiger partial charge in [-0.05, 0) is 30.2 Å². The summed E-state index contributed by atoms with van der Waals surface area (Å²) >= 11 is 0. The third-order valence-corrected chi connectivity index (χ3v) is 5.28. The molecule has 1 heterocycles. The Labute approximate surface area is 194 Å². The Morgan fingerprint density at radius 3 is 2.33 bits per heavy atom. The second-order valence-corrected chi connectivity index (χ2v) is 8.51. The van der Waals surface area contributed by atoms with Crippen LogP contribution in [0.3, 0.4) is 0 Å². The van der Waals surface area contributed by atoms with Gasteiger partial charge in [-0.2, -0.15) is 5.10 Å². The first kappa shape index (κ1) is 24.5. The van der Waals surface area contributed by atoms with Gasteiger partial charge in [-0.15, -0.1) is 0 Å². The van der Waals surface area contributed by atoms with Crippen molar-refractivity contribution in [1.29, 1.82) is 0 Å². The summed E-state index contributed by atoms with van der Waals surface area (Å²) in [6.07, 6.45) is 0. The lowest BCUT2D eigenvalue weighted by atomic mass is 10.0. The molecular weight excluding hydrogens is 421 g/mol. The molecule has 7 heteroatoms. The highest BCUT2D eigenvalue weighted by molar-refractivity contribution is 5.78. The van der Waals surface area contributed by atoms with E-state index in [4.69, 9.17) is 14.6 Å². The molecule has 6 nitrogen and oxygen atoms in total. The number of carbonyl (C=O) groups is 1. The number of halogens is 1. The van der Waals surface area contributed by atoms with Crippen molar-refractivity contribution < 1.29 is 18.7 Å². The summed E-state index contributed by atoms with van der Waals surface area (Å²) in [5.41, 5.74) is 2.34. The highest BCUT2D eigenvalue weighted by Crippen LogP contribution is 2.35. The van der Waals surface area contributed by atoms with E-state index >= 15 is 0 Å². The van der Waals surface area contributed by atoms with Crippen molar-refractivity contribution in [3.8, 4) is 17.3 Å². The lowest BCUT2D eigenvalue weighted by molar-refractivity contribution is -0.135. The Kier molecular flexibility index (Phi) is 8.22. The van der Waals surface area contributed by atoms with Gasteiger partial charge in [-0.25, -0.2) is 9.07 Å². The molecule has 0 atom stereocenters. The highest BCUT2D eigenvalue weighted by atomic mass is 19.1. The Balaban J connectivity index is 2.16. The predicted octanol–water partition coefficient (Wildman–Crippen LogP) is 5.56. The highest BCUT2D eigenvalue weighted by Gasteiger charge is 2.27. The van der Waals surface area contributed by atoms with Crippen LogP contribution >= 0.6 is 0 Å². The number of methoxy groups -OCH3 is 1. The number of benzene rings is 2. The van der Waals surface area contributed by atoms with Gasteiger partial charge in [0.25, 0.3) is 0 Å². The van der Waals surface area contributed by atoms with Crippen LogP contribution in [0, 0.1) is 11.7 Å². The van der Waals surface area contributed by atoms with E-state index in [0.29, 0.717) is 19.0 Å². The third-order valence-electron chi connectivity index (χ3n) is 5.28. The number of hydrogen-bond donors (Lipinski definition) is 0. The third kappa shape index (κ3) is 5.79. The van der Waals surface area contributed by atoms with Gasteiger partial charge in [-0.1, -0.05) is 58.0 Å². The average molecular weight is 454 g/mol. The minimum atomic E-state index is -0.468. The van der Waals surface area contributed by atoms with Gasteiger partial charge in [-0.3, -0.25) is 4.79 Å². The van der Waals surface area contributed by atoms with Crippen LogP contribution in [-0.2, 0) is 16.1 Å². The van der Waals surface area contributed by atoms with Gasteiger partial charge in [0, 0.05) is 19.6 Å². The molecule has 0 aliphatic heterocycles. The minimum absolute atomic E-state index is 0.00561. The van der Waals surface area contributed by atoms with Crippen LogP contribution < -0.4 is 4.74 Å². The number of rotatable bonds is 10.